The van der Waals surface area contributed by atoms with Crippen LogP contribution in [-0.2, 0) is 14.3 Å². The summed E-state index contributed by atoms with van der Waals surface area (Å²) >= 11 is 5.95. The van der Waals surface area contributed by atoms with E-state index in [2.05, 4.69) is 11.7 Å². The van der Waals surface area contributed by atoms with Crippen LogP contribution in [0.2, 0.25) is 0 Å². The lowest BCUT2D eigenvalue weighted by atomic mass is 9.97. The summed E-state index contributed by atoms with van der Waals surface area (Å²) in [6.07, 6.45) is 15.1. The van der Waals surface area contributed by atoms with Crippen LogP contribution in [0.5, 0.6) is 0 Å². The molecule has 0 bridgehead atoms. The van der Waals surface area contributed by atoms with Gasteiger partial charge in [0.05, 0.1) is 13.0 Å². The van der Waals surface area contributed by atoms with E-state index in [0.29, 0.717) is 12.0 Å². The number of aliphatic hydroxyl groups is 1. The second-order valence-corrected chi connectivity index (χ2v) is 6.99. The Morgan fingerprint density at radius 1 is 1.15 bits per heavy atom. The molecular formula is C21H31ClO4. The molecule has 1 unspecified atom stereocenters. The third kappa shape index (κ3) is 7.36. The minimum Gasteiger partial charge on any atom is -0.506 e. The molecular weight excluding hydrogens is 352 g/mol. The van der Waals surface area contributed by atoms with Crippen LogP contribution in [0.1, 0.15) is 71.1 Å². The number of unbranched alkanes of at least 4 members (excludes halogenated alkanes) is 7. The van der Waals surface area contributed by atoms with E-state index in [-0.39, 0.29) is 22.5 Å². The number of hydrogen-bond acceptors (Lipinski definition) is 4. The summed E-state index contributed by atoms with van der Waals surface area (Å²) in [6, 6.07) is 0. The van der Waals surface area contributed by atoms with E-state index in [1.165, 1.54) is 26.4 Å². The number of halogens is 1. The van der Waals surface area contributed by atoms with Crippen molar-refractivity contribution in [3.05, 3.63) is 34.6 Å². The Labute approximate surface area is 161 Å². The molecule has 146 valence electrons. The molecule has 1 N–H and O–H groups in total. The molecule has 1 aliphatic rings. The highest BCUT2D eigenvalue weighted by atomic mass is 35.5. The van der Waals surface area contributed by atoms with Crippen molar-refractivity contribution >= 4 is 23.4 Å². The van der Waals surface area contributed by atoms with Crippen LogP contribution < -0.4 is 0 Å². The number of carbonyl (C=O) groups is 2. The van der Waals surface area contributed by atoms with Gasteiger partial charge in [-0.25, -0.2) is 0 Å². The molecule has 0 aliphatic heterocycles. The van der Waals surface area contributed by atoms with Crippen molar-refractivity contribution in [1.82, 2.24) is 0 Å². The number of Topliss-reactive ketones (excluding diaryl/α,β-unsaturated/α-hetero) is 1. The number of rotatable bonds is 12. The number of allylic oxidation sites excluding steroid dienone is 5. The fraction of sp³-hybridized carbons (Fsp3) is 0.619. The molecule has 0 fully saturated rings. The van der Waals surface area contributed by atoms with Gasteiger partial charge in [0.15, 0.2) is 5.78 Å². The van der Waals surface area contributed by atoms with E-state index < -0.39 is 5.92 Å². The summed E-state index contributed by atoms with van der Waals surface area (Å²) in [5.41, 5.74) is 0.609. The van der Waals surface area contributed by atoms with Crippen molar-refractivity contribution in [2.75, 3.05) is 7.11 Å². The smallest absolute Gasteiger partial charge is 0.305 e. The van der Waals surface area contributed by atoms with Gasteiger partial charge in [-0.2, -0.15) is 0 Å². The van der Waals surface area contributed by atoms with Gasteiger partial charge < -0.3 is 9.84 Å². The first-order valence-corrected chi connectivity index (χ1v) is 9.97. The van der Waals surface area contributed by atoms with E-state index in [1.54, 1.807) is 0 Å². The maximum Gasteiger partial charge on any atom is 0.305 e. The largest absolute Gasteiger partial charge is 0.506 e. The van der Waals surface area contributed by atoms with Crippen molar-refractivity contribution in [1.29, 1.82) is 0 Å². The quantitative estimate of drug-likeness (QED) is 0.264. The minimum absolute atomic E-state index is 0.0671. The van der Waals surface area contributed by atoms with Crippen LogP contribution in [0, 0.1) is 5.92 Å². The normalized spacial score (nSPS) is 19.1. The molecule has 0 aromatic heterocycles. The second kappa shape index (κ2) is 12.7. The fourth-order valence-corrected chi connectivity index (χ4v) is 3.18. The number of carbonyl (C=O) groups excluding carboxylic acids is 2. The van der Waals surface area contributed by atoms with Crippen LogP contribution in [0.25, 0.3) is 0 Å². The number of esters is 1. The van der Waals surface area contributed by atoms with Crippen LogP contribution >= 0.6 is 11.6 Å². The Kier molecular flexibility index (Phi) is 11.0. The first-order chi connectivity index (χ1) is 12.5. The van der Waals surface area contributed by atoms with E-state index in [1.807, 2.05) is 18.2 Å². The Morgan fingerprint density at radius 3 is 2.54 bits per heavy atom. The van der Waals surface area contributed by atoms with Gasteiger partial charge >= 0.3 is 5.97 Å². The molecule has 0 saturated heterocycles. The SMILES string of the molecule is CCCCCC/C=C/C1C(=O)C(Cl)=C(O)/C1=C\CCCCCC(=O)OC. The van der Waals surface area contributed by atoms with Crippen LogP contribution in [-0.4, -0.2) is 24.0 Å². The number of ether oxygens (including phenoxy) is 1. The zero-order valence-electron chi connectivity index (χ0n) is 15.9. The monoisotopic (exact) mass is 382 g/mol. The van der Waals surface area contributed by atoms with Crippen LogP contribution in [0.4, 0.5) is 0 Å². The van der Waals surface area contributed by atoms with E-state index in [4.69, 9.17) is 11.6 Å². The van der Waals surface area contributed by atoms with Gasteiger partial charge in [-0.15, -0.1) is 0 Å². The molecule has 5 heteroatoms. The van der Waals surface area contributed by atoms with Gasteiger partial charge in [-0.1, -0.05) is 62.4 Å². The van der Waals surface area contributed by atoms with Crippen molar-refractivity contribution in [3.63, 3.8) is 0 Å². The molecule has 0 aromatic rings. The number of methoxy groups -OCH3 is 1. The number of aliphatic hydroxyl groups excluding tert-OH is 1. The molecule has 1 aliphatic carbocycles. The maximum absolute atomic E-state index is 12.2. The Hall–Kier alpha value is -1.55. The first kappa shape index (κ1) is 22.5. The fourth-order valence-electron chi connectivity index (χ4n) is 2.95. The highest BCUT2D eigenvalue weighted by Crippen LogP contribution is 2.36. The molecule has 1 atom stereocenters. The lowest BCUT2D eigenvalue weighted by Gasteiger charge is -2.07. The zero-order valence-corrected chi connectivity index (χ0v) is 16.7. The molecule has 0 radical (unpaired) electrons. The lowest BCUT2D eigenvalue weighted by molar-refractivity contribution is -0.140. The van der Waals surface area contributed by atoms with Gasteiger partial charge in [0, 0.05) is 12.0 Å². The highest BCUT2D eigenvalue weighted by molar-refractivity contribution is 6.44. The third-order valence-corrected chi connectivity index (χ3v) is 4.91. The topological polar surface area (TPSA) is 63.6 Å². The predicted octanol–water partition coefficient (Wildman–Crippen LogP) is 5.77. The Balaban J connectivity index is 2.51. The molecule has 26 heavy (non-hydrogen) atoms. The summed E-state index contributed by atoms with van der Waals surface area (Å²) in [7, 11) is 1.39. The van der Waals surface area contributed by atoms with Gasteiger partial charge in [-0.3, -0.25) is 9.59 Å². The van der Waals surface area contributed by atoms with Crippen molar-refractivity contribution in [2.24, 2.45) is 5.92 Å². The van der Waals surface area contributed by atoms with Crippen molar-refractivity contribution in [2.45, 2.75) is 71.1 Å². The summed E-state index contributed by atoms with van der Waals surface area (Å²) in [6.45, 7) is 2.18. The van der Waals surface area contributed by atoms with Gasteiger partial charge in [-0.05, 0) is 32.1 Å². The van der Waals surface area contributed by atoms with E-state index in [9.17, 15) is 14.7 Å². The molecule has 0 saturated carbocycles. The summed E-state index contributed by atoms with van der Waals surface area (Å²) < 4.78 is 4.61. The van der Waals surface area contributed by atoms with E-state index >= 15 is 0 Å². The standard InChI is InChI=1S/C21H31ClO4/c1-3-4-5-6-7-10-13-16-17(21(25)19(22)20(16)24)14-11-8-9-12-15-18(23)26-2/h10,13-14,16,25H,3-9,11-12,15H2,1-2H3/b13-10+,17-14-. The van der Waals surface area contributed by atoms with Gasteiger partial charge in [0.2, 0.25) is 0 Å². The molecule has 0 heterocycles. The number of hydrogen-bond donors (Lipinski definition) is 1. The summed E-state index contributed by atoms with van der Waals surface area (Å²) in [5.74, 6) is -0.984. The average Bonchev–Trinajstić information content (AvgIpc) is 2.84. The second-order valence-electron chi connectivity index (χ2n) is 6.62. The molecule has 1 rings (SSSR count). The summed E-state index contributed by atoms with van der Waals surface area (Å²) in [5, 5.41) is 10.1. The highest BCUT2D eigenvalue weighted by Gasteiger charge is 2.34. The lowest BCUT2D eigenvalue weighted by Crippen LogP contribution is -2.07. The average molecular weight is 383 g/mol. The molecule has 0 amide bonds. The third-order valence-electron chi connectivity index (χ3n) is 4.55. The Bertz CT molecular complexity index is 560. The molecule has 4 nitrogen and oxygen atoms in total. The zero-order chi connectivity index (χ0) is 19.4. The Morgan fingerprint density at radius 2 is 1.85 bits per heavy atom. The summed E-state index contributed by atoms with van der Waals surface area (Å²) in [4.78, 5) is 23.3. The van der Waals surface area contributed by atoms with E-state index in [0.717, 1.165) is 38.5 Å². The van der Waals surface area contributed by atoms with Gasteiger partial charge in [0.25, 0.3) is 0 Å². The minimum atomic E-state index is -0.469. The predicted molar refractivity (Wildman–Crippen MR) is 105 cm³/mol. The molecule has 0 spiro atoms. The van der Waals surface area contributed by atoms with Crippen molar-refractivity contribution in [3.8, 4) is 0 Å². The first-order valence-electron chi connectivity index (χ1n) is 9.59. The van der Waals surface area contributed by atoms with Crippen molar-refractivity contribution < 1.29 is 19.4 Å². The van der Waals surface area contributed by atoms with Crippen LogP contribution in [0.3, 0.4) is 0 Å². The molecule has 0 aromatic carbocycles. The van der Waals surface area contributed by atoms with Crippen LogP contribution in [0.15, 0.2) is 34.6 Å². The van der Waals surface area contributed by atoms with Gasteiger partial charge in [0.1, 0.15) is 10.8 Å². The number of ketones is 1. The maximum atomic E-state index is 12.2.